The van der Waals surface area contributed by atoms with E-state index in [4.69, 9.17) is 6.57 Å². The maximum atomic E-state index is 6.74. The SMILES string of the molecule is [C-]#[N+]c1ccc(CCC)cc1. The zero-order chi connectivity index (χ0) is 8.10. The summed E-state index contributed by atoms with van der Waals surface area (Å²) in [6, 6.07) is 7.80. The van der Waals surface area contributed by atoms with Crippen LogP contribution in [0.5, 0.6) is 0 Å². The van der Waals surface area contributed by atoms with Gasteiger partial charge in [0.1, 0.15) is 0 Å². The Balaban J connectivity index is 2.76. The lowest BCUT2D eigenvalue weighted by Gasteiger charge is -1.96. The zero-order valence-corrected chi connectivity index (χ0v) is 6.67. The van der Waals surface area contributed by atoms with Crippen molar-refractivity contribution in [3.63, 3.8) is 0 Å². The van der Waals surface area contributed by atoms with Crippen molar-refractivity contribution in [2.24, 2.45) is 0 Å². The minimum atomic E-state index is 0.727. The standard InChI is InChI=1S/C10H11N/c1-3-4-9-5-7-10(11-2)8-6-9/h5-8H,3-4H2,1H3. The van der Waals surface area contributed by atoms with E-state index >= 15 is 0 Å². The van der Waals surface area contributed by atoms with E-state index in [1.165, 1.54) is 5.56 Å². The van der Waals surface area contributed by atoms with Crippen molar-refractivity contribution < 1.29 is 0 Å². The van der Waals surface area contributed by atoms with E-state index in [2.05, 4.69) is 11.8 Å². The fourth-order valence-corrected chi connectivity index (χ4v) is 1.03. The fraction of sp³-hybridized carbons (Fsp3) is 0.300. The summed E-state index contributed by atoms with van der Waals surface area (Å²) in [5, 5.41) is 0. The highest BCUT2D eigenvalue weighted by molar-refractivity contribution is 5.45. The molecule has 0 unspecified atom stereocenters. The zero-order valence-electron chi connectivity index (χ0n) is 6.67. The van der Waals surface area contributed by atoms with Crippen molar-refractivity contribution >= 4 is 5.69 Å². The molecule has 0 fully saturated rings. The van der Waals surface area contributed by atoms with Crippen LogP contribution in [-0.4, -0.2) is 0 Å². The van der Waals surface area contributed by atoms with Crippen molar-refractivity contribution in [3.05, 3.63) is 41.2 Å². The Kier molecular flexibility index (Phi) is 2.68. The van der Waals surface area contributed by atoms with Crippen molar-refractivity contribution in [2.45, 2.75) is 19.8 Å². The highest BCUT2D eigenvalue weighted by atomic mass is 14.6. The van der Waals surface area contributed by atoms with Crippen molar-refractivity contribution in [1.29, 1.82) is 0 Å². The minimum Gasteiger partial charge on any atom is -0.238 e. The summed E-state index contributed by atoms with van der Waals surface area (Å²) < 4.78 is 0. The lowest BCUT2D eigenvalue weighted by molar-refractivity contribution is 0.922. The van der Waals surface area contributed by atoms with E-state index in [-0.39, 0.29) is 0 Å². The first-order chi connectivity index (χ1) is 5.36. The summed E-state index contributed by atoms with van der Waals surface area (Å²) in [6.07, 6.45) is 2.27. The molecule has 1 nitrogen and oxygen atoms in total. The van der Waals surface area contributed by atoms with Crippen LogP contribution in [0.1, 0.15) is 18.9 Å². The van der Waals surface area contributed by atoms with Crippen LogP contribution in [0.2, 0.25) is 0 Å². The van der Waals surface area contributed by atoms with Crippen LogP contribution >= 0.6 is 0 Å². The number of hydrogen-bond donors (Lipinski definition) is 0. The molecular weight excluding hydrogens is 134 g/mol. The van der Waals surface area contributed by atoms with Crippen LogP contribution in [-0.2, 0) is 6.42 Å². The van der Waals surface area contributed by atoms with Gasteiger partial charge in [-0.1, -0.05) is 43.2 Å². The molecule has 1 aromatic rings. The van der Waals surface area contributed by atoms with Gasteiger partial charge in [-0.05, 0) is 6.42 Å². The van der Waals surface area contributed by atoms with E-state index in [0.717, 1.165) is 18.5 Å². The highest BCUT2D eigenvalue weighted by Crippen LogP contribution is 2.13. The van der Waals surface area contributed by atoms with Gasteiger partial charge in [-0.2, -0.15) is 0 Å². The Morgan fingerprint density at radius 1 is 1.27 bits per heavy atom. The molecule has 0 aliphatic heterocycles. The lowest BCUT2D eigenvalue weighted by Crippen LogP contribution is -1.79. The average Bonchev–Trinajstić information content (AvgIpc) is 2.07. The summed E-state index contributed by atoms with van der Waals surface area (Å²) >= 11 is 0. The third-order valence-corrected chi connectivity index (χ3v) is 1.60. The Labute approximate surface area is 67.5 Å². The normalized spacial score (nSPS) is 9.09. The second-order valence-electron chi connectivity index (χ2n) is 2.53. The summed E-state index contributed by atoms with van der Waals surface area (Å²) in [5.74, 6) is 0. The maximum absolute atomic E-state index is 6.74. The first-order valence-electron chi connectivity index (χ1n) is 3.83. The number of nitrogens with zero attached hydrogens (tertiary/aromatic N) is 1. The number of rotatable bonds is 2. The molecule has 0 saturated heterocycles. The van der Waals surface area contributed by atoms with Gasteiger partial charge in [-0.3, -0.25) is 0 Å². The average molecular weight is 145 g/mol. The minimum absolute atomic E-state index is 0.727. The van der Waals surface area contributed by atoms with Gasteiger partial charge in [-0.15, -0.1) is 0 Å². The van der Waals surface area contributed by atoms with Crippen molar-refractivity contribution in [3.8, 4) is 0 Å². The lowest BCUT2D eigenvalue weighted by atomic mass is 10.1. The van der Waals surface area contributed by atoms with Crippen LogP contribution in [0, 0.1) is 6.57 Å². The van der Waals surface area contributed by atoms with Gasteiger partial charge in [0.15, 0.2) is 5.69 Å². The predicted octanol–water partition coefficient (Wildman–Crippen LogP) is 3.19. The van der Waals surface area contributed by atoms with Gasteiger partial charge < -0.3 is 0 Å². The van der Waals surface area contributed by atoms with Gasteiger partial charge in [0.05, 0.1) is 6.57 Å². The van der Waals surface area contributed by atoms with Gasteiger partial charge in [-0.25, -0.2) is 4.85 Å². The van der Waals surface area contributed by atoms with Crippen LogP contribution in [0.4, 0.5) is 5.69 Å². The van der Waals surface area contributed by atoms with Crippen molar-refractivity contribution in [1.82, 2.24) is 0 Å². The predicted molar refractivity (Wildman–Crippen MR) is 46.7 cm³/mol. The largest absolute Gasteiger partial charge is 0.238 e. The van der Waals surface area contributed by atoms with E-state index < -0.39 is 0 Å². The topological polar surface area (TPSA) is 4.36 Å². The van der Waals surface area contributed by atoms with E-state index in [0.29, 0.717) is 0 Å². The molecule has 56 valence electrons. The maximum Gasteiger partial charge on any atom is 0.187 e. The summed E-state index contributed by atoms with van der Waals surface area (Å²) in [7, 11) is 0. The summed E-state index contributed by atoms with van der Waals surface area (Å²) in [6.45, 7) is 8.90. The molecule has 0 amide bonds. The second-order valence-corrected chi connectivity index (χ2v) is 2.53. The van der Waals surface area contributed by atoms with Gasteiger partial charge in [0, 0.05) is 0 Å². The summed E-state index contributed by atoms with van der Waals surface area (Å²) in [4.78, 5) is 3.32. The fourth-order valence-electron chi connectivity index (χ4n) is 1.03. The molecule has 0 aliphatic rings. The van der Waals surface area contributed by atoms with Crippen LogP contribution in [0.15, 0.2) is 24.3 Å². The highest BCUT2D eigenvalue weighted by Gasteiger charge is 1.90. The monoisotopic (exact) mass is 145 g/mol. The third-order valence-electron chi connectivity index (χ3n) is 1.60. The molecule has 11 heavy (non-hydrogen) atoms. The Bertz CT molecular complexity index is 253. The van der Waals surface area contributed by atoms with Crippen molar-refractivity contribution in [2.75, 3.05) is 0 Å². The molecule has 0 heterocycles. The van der Waals surface area contributed by atoms with E-state index in [1.807, 2.05) is 24.3 Å². The quantitative estimate of drug-likeness (QED) is 0.563. The van der Waals surface area contributed by atoms with Crippen LogP contribution < -0.4 is 0 Å². The van der Waals surface area contributed by atoms with Gasteiger partial charge in [0.2, 0.25) is 0 Å². The van der Waals surface area contributed by atoms with Crippen LogP contribution in [0.25, 0.3) is 4.85 Å². The van der Waals surface area contributed by atoms with E-state index in [9.17, 15) is 0 Å². The molecule has 0 saturated carbocycles. The molecule has 1 aromatic carbocycles. The summed E-state index contributed by atoms with van der Waals surface area (Å²) in [5.41, 5.74) is 2.05. The molecule has 0 N–H and O–H groups in total. The molecule has 1 heteroatoms. The van der Waals surface area contributed by atoms with E-state index in [1.54, 1.807) is 0 Å². The Morgan fingerprint density at radius 3 is 2.36 bits per heavy atom. The first-order valence-corrected chi connectivity index (χ1v) is 3.83. The molecule has 0 spiro atoms. The molecule has 0 atom stereocenters. The second kappa shape index (κ2) is 3.78. The molecule has 1 rings (SSSR count). The molecule has 0 radical (unpaired) electrons. The number of hydrogen-bond acceptors (Lipinski definition) is 0. The first kappa shape index (κ1) is 7.81. The number of benzene rings is 1. The number of aryl methyl sites for hydroxylation is 1. The molecule has 0 aromatic heterocycles. The molecular formula is C10H11N. The molecule has 0 aliphatic carbocycles. The van der Waals surface area contributed by atoms with Gasteiger partial charge >= 0.3 is 0 Å². The smallest absolute Gasteiger partial charge is 0.187 e. The molecule has 0 bridgehead atoms. The third kappa shape index (κ3) is 2.09. The van der Waals surface area contributed by atoms with Crippen LogP contribution in [0.3, 0.4) is 0 Å². The Morgan fingerprint density at radius 2 is 1.91 bits per heavy atom. The Hall–Kier alpha value is -1.29. The van der Waals surface area contributed by atoms with Gasteiger partial charge in [0.25, 0.3) is 0 Å².